The van der Waals surface area contributed by atoms with Gasteiger partial charge in [0.05, 0.1) is 5.56 Å². The molecule has 0 radical (unpaired) electrons. The van der Waals surface area contributed by atoms with Crippen LogP contribution in [0.2, 0.25) is 0 Å². The van der Waals surface area contributed by atoms with Crippen LogP contribution in [0.5, 0.6) is 0 Å². The molecule has 132 valence electrons. The average molecular weight is 348 g/mol. The first-order valence-corrected chi connectivity index (χ1v) is 8.39. The van der Waals surface area contributed by atoms with Gasteiger partial charge in [0.25, 0.3) is 0 Å². The molecule has 1 saturated carbocycles. The van der Waals surface area contributed by atoms with Gasteiger partial charge in [0.15, 0.2) is 17.5 Å². The van der Waals surface area contributed by atoms with Crippen LogP contribution in [-0.2, 0) is 0 Å². The Hall–Kier alpha value is -2.30. The molecule has 1 N–H and O–H groups in total. The molecule has 0 saturated heterocycles. The fourth-order valence-corrected chi connectivity index (χ4v) is 3.70. The minimum absolute atomic E-state index is 0.00896. The Bertz CT molecular complexity index is 786. The van der Waals surface area contributed by atoms with E-state index >= 15 is 0 Å². The van der Waals surface area contributed by atoms with E-state index in [2.05, 4.69) is 6.92 Å². The third-order valence-electron chi connectivity index (χ3n) is 5.06. The number of halogens is 3. The van der Waals surface area contributed by atoms with Gasteiger partial charge < -0.3 is 5.11 Å². The molecule has 0 atom stereocenters. The summed E-state index contributed by atoms with van der Waals surface area (Å²) in [6.07, 6.45) is 3.60. The van der Waals surface area contributed by atoms with Crippen molar-refractivity contribution < 1.29 is 23.1 Å². The monoisotopic (exact) mass is 348 g/mol. The zero-order valence-electron chi connectivity index (χ0n) is 13.9. The van der Waals surface area contributed by atoms with Crippen molar-refractivity contribution in [3.05, 3.63) is 58.9 Å². The Labute approximate surface area is 144 Å². The maximum Gasteiger partial charge on any atom is 0.335 e. The summed E-state index contributed by atoms with van der Waals surface area (Å²) in [5.74, 6) is -4.56. The Morgan fingerprint density at radius 1 is 1.04 bits per heavy atom. The van der Waals surface area contributed by atoms with E-state index in [1.807, 2.05) is 0 Å². The van der Waals surface area contributed by atoms with Crippen molar-refractivity contribution in [3.63, 3.8) is 0 Å². The van der Waals surface area contributed by atoms with E-state index in [1.165, 1.54) is 6.07 Å². The Morgan fingerprint density at radius 2 is 1.64 bits per heavy atom. The summed E-state index contributed by atoms with van der Waals surface area (Å²) in [5, 5.41) is 9.56. The van der Waals surface area contributed by atoms with Crippen LogP contribution in [0.15, 0.2) is 30.3 Å². The first-order chi connectivity index (χ1) is 11.9. The predicted molar refractivity (Wildman–Crippen MR) is 89.1 cm³/mol. The van der Waals surface area contributed by atoms with Crippen LogP contribution in [0.1, 0.15) is 54.4 Å². The fourth-order valence-electron chi connectivity index (χ4n) is 3.70. The lowest BCUT2D eigenvalue weighted by atomic mass is 9.75. The van der Waals surface area contributed by atoms with Gasteiger partial charge in [-0.05, 0) is 59.6 Å². The molecule has 25 heavy (non-hydrogen) atoms. The highest BCUT2D eigenvalue weighted by atomic mass is 19.2. The number of aromatic carboxylic acids is 1. The highest BCUT2D eigenvalue weighted by Crippen LogP contribution is 2.42. The molecule has 0 aliphatic heterocycles. The van der Waals surface area contributed by atoms with Crippen molar-refractivity contribution in [1.29, 1.82) is 0 Å². The summed E-state index contributed by atoms with van der Waals surface area (Å²) in [6.45, 7) is 2.16. The normalized spacial score (nSPS) is 20.5. The van der Waals surface area contributed by atoms with E-state index < -0.39 is 23.4 Å². The third kappa shape index (κ3) is 3.41. The van der Waals surface area contributed by atoms with Gasteiger partial charge >= 0.3 is 5.97 Å². The topological polar surface area (TPSA) is 37.3 Å². The van der Waals surface area contributed by atoms with E-state index in [4.69, 9.17) is 0 Å². The molecule has 1 aliphatic rings. The number of hydrogen-bond acceptors (Lipinski definition) is 1. The van der Waals surface area contributed by atoms with Gasteiger partial charge in [-0.2, -0.15) is 0 Å². The molecule has 0 amide bonds. The van der Waals surface area contributed by atoms with Crippen molar-refractivity contribution in [2.75, 3.05) is 0 Å². The van der Waals surface area contributed by atoms with Crippen LogP contribution in [0.3, 0.4) is 0 Å². The smallest absolute Gasteiger partial charge is 0.335 e. The summed E-state index contributed by atoms with van der Waals surface area (Å²) in [5.41, 5.74) is 1.35. The summed E-state index contributed by atoms with van der Waals surface area (Å²) in [4.78, 5) is 11.7. The summed E-state index contributed by atoms with van der Waals surface area (Å²) >= 11 is 0. The number of carbonyl (C=O) groups is 1. The lowest BCUT2D eigenvalue weighted by molar-refractivity contribution is 0.0694. The SMILES string of the molecule is CC1CCC(c2c(C(=O)O)cccc2-c2cc(F)c(F)c(F)c2)CC1. The standard InChI is InChI=1S/C20H19F3O2/c1-11-5-7-12(8-6-11)18-14(3-2-4-15(18)20(24)25)13-9-16(21)19(23)17(22)10-13/h2-4,9-12H,5-8H2,1H3,(H,24,25). The summed E-state index contributed by atoms with van der Waals surface area (Å²) < 4.78 is 40.6. The average Bonchev–Trinajstić information content (AvgIpc) is 2.59. The second-order valence-electron chi connectivity index (χ2n) is 6.78. The Morgan fingerprint density at radius 3 is 2.20 bits per heavy atom. The molecule has 2 aromatic rings. The molecule has 0 unspecified atom stereocenters. The molecule has 2 aromatic carbocycles. The first-order valence-electron chi connectivity index (χ1n) is 8.39. The van der Waals surface area contributed by atoms with Crippen molar-refractivity contribution in [1.82, 2.24) is 0 Å². The number of rotatable bonds is 3. The molecular weight excluding hydrogens is 329 g/mol. The molecule has 5 heteroatoms. The zero-order valence-corrected chi connectivity index (χ0v) is 13.9. The van der Waals surface area contributed by atoms with Crippen LogP contribution in [0.4, 0.5) is 13.2 Å². The predicted octanol–water partition coefficient (Wildman–Crippen LogP) is 5.76. The van der Waals surface area contributed by atoms with Gasteiger partial charge in [0, 0.05) is 0 Å². The van der Waals surface area contributed by atoms with Crippen molar-refractivity contribution in [2.45, 2.75) is 38.5 Å². The Balaban J connectivity index is 2.17. The quantitative estimate of drug-likeness (QED) is 0.716. The summed E-state index contributed by atoms with van der Waals surface area (Å²) in [7, 11) is 0. The van der Waals surface area contributed by atoms with E-state index in [-0.39, 0.29) is 17.0 Å². The third-order valence-corrected chi connectivity index (χ3v) is 5.06. The highest BCUT2D eigenvalue weighted by molar-refractivity contribution is 5.92. The number of hydrogen-bond donors (Lipinski definition) is 1. The lowest BCUT2D eigenvalue weighted by Gasteiger charge is -2.29. The van der Waals surface area contributed by atoms with E-state index in [9.17, 15) is 23.1 Å². The molecule has 3 rings (SSSR count). The lowest BCUT2D eigenvalue weighted by Crippen LogP contribution is -2.15. The van der Waals surface area contributed by atoms with Crippen LogP contribution < -0.4 is 0 Å². The fraction of sp³-hybridized carbons (Fsp3) is 0.350. The maximum absolute atomic E-state index is 13.7. The molecule has 2 nitrogen and oxygen atoms in total. The number of benzene rings is 2. The van der Waals surface area contributed by atoms with E-state index in [1.54, 1.807) is 12.1 Å². The number of carboxylic acid groups (broad SMARTS) is 1. The van der Waals surface area contributed by atoms with Crippen LogP contribution in [0.25, 0.3) is 11.1 Å². The van der Waals surface area contributed by atoms with Gasteiger partial charge in [-0.1, -0.05) is 31.9 Å². The van der Waals surface area contributed by atoms with Gasteiger partial charge in [-0.15, -0.1) is 0 Å². The second kappa shape index (κ2) is 6.90. The first kappa shape index (κ1) is 17.5. The van der Waals surface area contributed by atoms with Gasteiger partial charge in [0.1, 0.15) is 0 Å². The molecule has 0 bridgehead atoms. The van der Waals surface area contributed by atoms with Crippen LogP contribution >= 0.6 is 0 Å². The molecule has 1 fully saturated rings. The van der Waals surface area contributed by atoms with Gasteiger partial charge in [0.2, 0.25) is 0 Å². The summed E-state index contributed by atoms with van der Waals surface area (Å²) in [6, 6.07) is 6.55. The van der Waals surface area contributed by atoms with Crippen molar-refractivity contribution in [2.24, 2.45) is 5.92 Å². The molecular formula is C20H19F3O2. The van der Waals surface area contributed by atoms with Crippen molar-refractivity contribution in [3.8, 4) is 11.1 Å². The minimum Gasteiger partial charge on any atom is -0.478 e. The number of carboxylic acids is 1. The molecule has 0 spiro atoms. The molecule has 0 aromatic heterocycles. The van der Waals surface area contributed by atoms with E-state index in [0.29, 0.717) is 17.0 Å². The maximum atomic E-state index is 13.7. The molecule has 0 heterocycles. The van der Waals surface area contributed by atoms with Crippen molar-refractivity contribution >= 4 is 5.97 Å². The minimum atomic E-state index is -1.52. The second-order valence-corrected chi connectivity index (χ2v) is 6.78. The Kier molecular flexibility index (Phi) is 4.84. The zero-order chi connectivity index (χ0) is 18.1. The van der Waals surface area contributed by atoms with E-state index in [0.717, 1.165) is 37.8 Å². The van der Waals surface area contributed by atoms with Crippen LogP contribution in [-0.4, -0.2) is 11.1 Å². The highest BCUT2D eigenvalue weighted by Gasteiger charge is 2.27. The van der Waals surface area contributed by atoms with Gasteiger partial charge in [-0.25, -0.2) is 18.0 Å². The van der Waals surface area contributed by atoms with Crippen LogP contribution in [0, 0.1) is 23.4 Å². The molecule has 1 aliphatic carbocycles. The largest absolute Gasteiger partial charge is 0.478 e. The van der Waals surface area contributed by atoms with Gasteiger partial charge in [-0.3, -0.25) is 0 Å².